The highest BCUT2D eigenvalue weighted by atomic mass is 15.2. The molecule has 1 atom stereocenters. The summed E-state index contributed by atoms with van der Waals surface area (Å²) >= 11 is 0. The molecule has 3 N–H and O–H groups in total. The second-order valence-electron chi connectivity index (χ2n) is 5.64. The molecule has 1 aromatic heterocycles. The maximum Gasteiger partial charge on any atom is 0.134 e. The number of hydrogen-bond donors (Lipinski definition) is 2. The zero-order chi connectivity index (χ0) is 13.8. The van der Waals surface area contributed by atoms with Gasteiger partial charge in [-0.1, -0.05) is 0 Å². The monoisotopic (exact) mass is 263 g/mol. The van der Waals surface area contributed by atoms with Crippen molar-refractivity contribution < 1.29 is 0 Å². The molecule has 0 amide bonds. The van der Waals surface area contributed by atoms with Crippen LogP contribution in [0, 0.1) is 12.8 Å². The number of aryl methyl sites for hydroxylation is 1. The molecule has 5 nitrogen and oxygen atoms in total. The van der Waals surface area contributed by atoms with Crippen molar-refractivity contribution in [3.8, 4) is 0 Å². The molecule has 0 radical (unpaired) electrons. The van der Waals surface area contributed by atoms with Crippen LogP contribution in [-0.4, -0.2) is 35.6 Å². The summed E-state index contributed by atoms with van der Waals surface area (Å²) in [6.07, 6.45) is 2.32. The van der Waals surface area contributed by atoms with Gasteiger partial charge in [0.05, 0.1) is 0 Å². The van der Waals surface area contributed by atoms with Gasteiger partial charge in [-0.05, 0) is 46.1 Å². The van der Waals surface area contributed by atoms with Gasteiger partial charge in [-0.2, -0.15) is 0 Å². The standard InChI is InChI=1S/C14H25N5/c1-10(2)16-13-8-14(18-11(3)17-13)19-7-5-12(9-19)4-6-15/h8,10,12H,4-7,9,15H2,1-3H3,(H,16,17,18). The van der Waals surface area contributed by atoms with Crippen molar-refractivity contribution in [1.82, 2.24) is 9.97 Å². The summed E-state index contributed by atoms with van der Waals surface area (Å²) in [5.74, 6) is 3.49. The molecule has 0 aromatic carbocycles. The van der Waals surface area contributed by atoms with Crippen LogP contribution in [-0.2, 0) is 0 Å². The zero-order valence-electron chi connectivity index (χ0n) is 12.2. The average molecular weight is 263 g/mol. The second kappa shape index (κ2) is 6.19. The number of aromatic nitrogens is 2. The summed E-state index contributed by atoms with van der Waals surface area (Å²) in [4.78, 5) is 11.3. The van der Waals surface area contributed by atoms with Gasteiger partial charge >= 0.3 is 0 Å². The molecule has 19 heavy (non-hydrogen) atoms. The predicted octanol–water partition coefficient (Wildman–Crippen LogP) is 1.78. The van der Waals surface area contributed by atoms with E-state index in [1.54, 1.807) is 0 Å². The summed E-state index contributed by atoms with van der Waals surface area (Å²) < 4.78 is 0. The number of nitrogens with one attached hydrogen (secondary N) is 1. The van der Waals surface area contributed by atoms with E-state index in [1.165, 1.54) is 6.42 Å². The SMILES string of the molecule is Cc1nc(NC(C)C)cc(N2CCC(CCN)C2)n1. The molecule has 0 saturated carbocycles. The molecule has 1 unspecified atom stereocenters. The van der Waals surface area contributed by atoms with E-state index < -0.39 is 0 Å². The van der Waals surface area contributed by atoms with Gasteiger partial charge in [0.1, 0.15) is 17.5 Å². The first-order valence-corrected chi connectivity index (χ1v) is 7.15. The average Bonchev–Trinajstić information content (AvgIpc) is 2.76. The molecule has 0 bridgehead atoms. The Kier molecular flexibility index (Phi) is 4.58. The Labute approximate surface area is 115 Å². The van der Waals surface area contributed by atoms with Crippen LogP contribution < -0.4 is 16.0 Å². The largest absolute Gasteiger partial charge is 0.368 e. The normalized spacial score (nSPS) is 19.2. The highest BCUT2D eigenvalue weighted by Crippen LogP contribution is 2.25. The lowest BCUT2D eigenvalue weighted by molar-refractivity contribution is 0.546. The van der Waals surface area contributed by atoms with Crippen molar-refractivity contribution in [2.24, 2.45) is 11.7 Å². The fourth-order valence-corrected chi connectivity index (χ4v) is 2.60. The van der Waals surface area contributed by atoms with Crippen LogP contribution >= 0.6 is 0 Å². The molecule has 2 heterocycles. The number of hydrogen-bond acceptors (Lipinski definition) is 5. The zero-order valence-corrected chi connectivity index (χ0v) is 12.2. The van der Waals surface area contributed by atoms with Gasteiger partial charge < -0.3 is 16.0 Å². The van der Waals surface area contributed by atoms with Crippen LogP contribution in [0.25, 0.3) is 0 Å². The van der Waals surface area contributed by atoms with Crippen molar-refractivity contribution in [2.75, 3.05) is 29.9 Å². The summed E-state index contributed by atoms with van der Waals surface area (Å²) in [7, 11) is 0. The third-order valence-electron chi connectivity index (χ3n) is 3.45. The summed E-state index contributed by atoms with van der Waals surface area (Å²) in [6, 6.07) is 2.43. The van der Waals surface area contributed by atoms with Crippen molar-refractivity contribution in [2.45, 2.75) is 39.7 Å². The molecule has 0 aliphatic carbocycles. The molecule has 1 saturated heterocycles. The van der Waals surface area contributed by atoms with Crippen LogP contribution in [0.3, 0.4) is 0 Å². The van der Waals surface area contributed by atoms with E-state index in [0.717, 1.165) is 43.5 Å². The molecule has 1 aliphatic heterocycles. The first-order chi connectivity index (χ1) is 9.08. The molecular formula is C14H25N5. The third kappa shape index (κ3) is 3.80. The Balaban J connectivity index is 2.09. The van der Waals surface area contributed by atoms with E-state index in [4.69, 9.17) is 5.73 Å². The van der Waals surface area contributed by atoms with E-state index >= 15 is 0 Å². The van der Waals surface area contributed by atoms with E-state index in [9.17, 15) is 0 Å². The Morgan fingerprint density at radius 2 is 2.26 bits per heavy atom. The van der Waals surface area contributed by atoms with Gasteiger partial charge in [0.2, 0.25) is 0 Å². The highest BCUT2D eigenvalue weighted by Gasteiger charge is 2.23. The van der Waals surface area contributed by atoms with E-state index in [-0.39, 0.29) is 0 Å². The number of rotatable bonds is 5. The van der Waals surface area contributed by atoms with Gasteiger partial charge in [0, 0.05) is 25.2 Å². The molecule has 5 heteroatoms. The van der Waals surface area contributed by atoms with Gasteiger partial charge in [-0.25, -0.2) is 9.97 Å². The molecular weight excluding hydrogens is 238 g/mol. The Bertz CT molecular complexity index is 418. The van der Waals surface area contributed by atoms with Crippen molar-refractivity contribution in [3.63, 3.8) is 0 Å². The van der Waals surface area contributed by atoms with Crippen molar-refractivity contribution in [3.05, 3.63) is 11.9 Å². The van der Waals surface area contributed by atoms with Gasteiger partial charge in [-0.3, -0.25) is 0 Å². The number of nitrogens with zero attached hydrogens (tertiary/aromatic N) is 3. The fraction of sp³-hybridized carbons (Fsp3) is 0.714. The first kappa shape index (κ1) is 14.1. The summed E-state index contributed by atoms with van der Waals surface area (Å²) in [5.41, 5.74) is 5.64. The molecule has 1 aliphatic rings. The minimum atomic E-state index is 0.380. The minimum Gasteiger partial charge on any atom is -0.368 e. The Hall–Kier alpha value is -1.36. The quantitative estimate of drug-likeness (QED) is 0.847. The Morgan fingerprint density at radius 3 is 2.95 bits per heavy atom. The highest BCUT2D eigenvalue weighted by molar-refractivity contribution is 5.50. The van der Waals surface area contributed by atoms with E-state index in [2.05, 4.69) is 40.1 Å². The van der Waals surface area contributed by atoms with Gasteiger partial charge in [0.25, 0.3) is 0 Å². The third-order valence-corrected chi connectivity index (χ3v) is 3.45. The number of anilines is 2. The van der Waals surface area contributed by atoms with Gasteiger partial charge in [0.15, 0.2) is 0 Å². The lowest BCUT2D eigenvalue weighted by Gasteiger charge is -2.19. The molecule has 2 rings (SSSR count). The lowest BCUT2D eigenvalue weighted by Crippen LogP contribution is -2.22. The molecule has 1 aromatic rings. The maximum absolute atomic E-state index is 5.64. The lowest BCUT2D eigenvalue weighted by atomic mass is 10.1. The van der Waals surface area contributed by atoms with Crippen LogP contribution in [0.15, 0.2) is 6.07 Å². The number of nitrogens with two attached hydrogens (primary N) is 1. The van der Waals surface area contributed by atoms with E-state index in [1.807, 2.05) is 6.92 Å². The van der Waals surface area contributed by atoms with Crippen LogP contribution in [0.4, 0.5) is 11.6 Å². The predicted molar refractivity (Wildman–Crippen MR) is 79.5 cm³/mol. The Morgan fingerprint density at radius 1 is 1.47 bits per heavy atom. The van der Waals surface area contributed by atoms with Crippen LogP contribution in [0.1, 0.15) is 32.5 Å². The van der Waals surface area contributed by atoms with Crippen molar-refractivity contribution >= 4 is 11.6 Å². The topological polar surface area (TPSA) is 67.1 Å². The van der Waals surface area contributed by atoms with Crippen LogP contribution in [0.5, 0.6) is 0 Å². The molecule has 106 valence electrons. The van der Waals surface area contributed by atoms with E-state index in [0.29, 0.717) is 12.0 Å². The van der Waals surface area contributed by atoms with Crippen molar-refractivity contribution in [1.29, 1.82) is 0 Å². The summed E-state index contributed by atoms with van der Waals surface area (Å²) in [6.45, 7) is 9.09. The smallest absolute Gasteiger partial charge is 0.134 e. The first-order valence-electron chi connectivity index (χ1n) is 7.15. The fourth-order valence-electron chi connectivity index (χ4n) is 2.60. The molecule has 1 fully saturated rings. The summed E-state index contributed by atoms with van der Waals surface area (Å²) in [5, 5.41) is 3.35. The van der Waals surface area contributed by atoms with Gasteiger partial charge in [-0.15, -0.1) is 0 Å². The molecule has 0 spiro atoms. The maximum atomic E-state index is 5.64. The second-order valence-corrected chi connectivity index (χ2v) is 5.64. The van der Waals surface area contributed by atoms with Crippen LogP contribution in [0.2, 0.25) is 0 Å². The minimum absolute atomic E-state index is 0.380.